The molecule has 0 aromatic heterocycles. The van der Waals surface area contributed by atoms with Crippen LogP contribution in [0.15, 0.2) is 0 Å². The van der Waals surface area contributed by atoms with Gasteiger partial charge in [0.25, 0.3) is 0 Å². The number of ether oxygens (including phenoxy) is 1. The van der Waals surface area contributed by atoms with E-state index in [0.29, 0.717) is 0 Å². The topological polar surface area (TPSA) is 29.5 Å². The Morgan fingerprint density at radius 2 is 1.75 bits per heavy atom. The number of nitrogens with zero attached hydrogens (tertiary/aromatic N) is 1. The number of likely N-dealkylation sites (tertiary alicyclic amines) is 1. The quantitative estimate of drug-likeness (QED) is 0.593. The number of carbonyl (C=O) groups is 1. The molecule has 0 aliphatic carbocycles. The molecule has 1 aliphatic rings. The summed E-state index contributed by atoms with van der Waals surface area (Å²) in [4.78, 5) is 12.3. The molecule has 0 spiro atoms. The zero-order valence-corrected chi connectivity index (χ0v) is 10.9. The molecule has 0 N–H and O–H groups in total. The molecule has 3 nitrogen and oxygen atoms in total. The van der Waals surface area contributed by atoms with Gasteiger partial charge in [0.1, 0.15) is 6.04 Å². The summed E-state index contributed by atoms with van der Waals surface area (Å²) in [5.41, 5.74) is -3.78. The molecule has 1 saturated heterocycles. The SMILES string of the molecule is CCOC(=O)[C@@H](C)N1CCC(C(F)(F)F)(C(F)(F)F)C1. The maximum Gasteiger partial charge on any atom is 0.404 e. The van der Waals surface area contributed by atoms with E-state index in [1.165, 1.54) is 13.8 Å². The highest BCUT2D eigenvalue weighted by atomic mass is 19.4. The predicted octanol–water partition coefficient (Wildman–Crippen LogP) is 2.75. The highest BCUT2D eigenvalue weighted by Crippen LogP contribution is 2.55. The van der Waals surface area contributed by atoms with Crippen LogP contribution in [0.4, 0.5) is 26.3 Å². The molecule has 0 aromatic carbocycles. The van der Waals surface area contributed by atoms with Crippen LogP contribution in [0.5, 0.6) is 0 Å². The van der Waals surface area contributed by atoms with Crippen LogP contribution < -0.4 is 0 Å². The zero-order chi connectivity index (χ0) is 15.8. The van der Waals surface area contributed by atoms with E-state index in [-0.39, 0.29) is 6.61 Å². The second-order valence-electron chi connectivity index (χ2n) is 4.73. The van der Waals surface area contributed by atoms with Crippen LogP contribution >= 0.6 is 0 Å². The highest BCUT2D eigenvalue weighted by Gasteiger charge is 2.72. The first-order chi connectivity index (χ1) is 8.96. The minimum absolute atomic E-state index is 0.0146. The second kappa shape index (κ2) is 5.42. The molecule has 1 heterocycles. The third-order valence-corrected chi connectivity index (χ3v) is 3.56. The first-order valence-electron chi connectivity index (χ1n) is 6.00. The van der Waals surface area contributed by atoms with Gasteiger partial charge in [-0.1, -0.05) is 0 Å². The standard InChI is InChI=1S/C11H15F6NO2/c1-3-20-8(19)7(2)18-5-4-9(6-18,10(12,13)14)11(15,16)17/h7H,3-6H2,1-2H3/t7-/m1/s1. The molecule has 0 radical (unpaired) electrons. The van der Waals surface area contributed by atoms with Gasteiger partial charge in [-0.3, -0.25) is 9.69 Å². The number of hydrogen-bond acceptors (Lipinski definition) is 3. The summed E-state index contributed by atoms with van der Waals surface area (Å²) in [6.45, 7) is 1.02. The molecule has 0 saturated carbocycles. The van der Waals surface area contributed by atoms with Crippen molar-refractivity contribution in [1.82, 2.24) is 4.90 Å². The van der Waals surface area contributed by atoms with E-state index < -0.39 is 49.3 Å². The molecule has 0 unspecified atom stereocenters. The maximum absolute atomic E-state index is 12.8. The lowest BCUT2D eigenvalue weighted by Crippen LogP contribution is -2.53. The molecule has 118 valence electrons. The number of rotatable bonds is 3. The fourth-order valence-corrected chi connectivity index (χ4v) is 2.21. The molecule has 1 aliphatic heterocycles. The Morgan fingerprint density at radius 1 is 1.25 bits per heavy atom. The molecule has 0 amide bonds. The third-order valence-electron chi connectivity index (χ3n) is 3.56. The van der Waals surface area contributed by atoms with E-state index >= 15 is 0 Å². The van der Waals surface area contributed by atoms with Crippen molar-refractivity contribution >= 4 is 5.97 Å². The fraction of sp³-hybridized carbons (Fsp3) is 0.909. The smallest absolute Gasteiger partial charge is 0.404 e. The van der Waals surface area contributed by atoms with Gasteiger partial charge in [-0.2, -0.15) is 26.3 Å². The third kappa shape index (κ3) is 2.87. The van der Waals surface area contributed by atoms with Gasteiger partial charge in [0, 0.05) is 13.1 Å². The molecule has 9 heteroatoms. The minimum atomic E-state index is -5.41. The van der Waals surface area contributed by atoms with E-state index in [1.807, 2.05) is 0 Å². The van der Waals surface area contributed by atoms with Crippen LogP contribution in [0.2, 0.25) is 0 Å². The van der Waals surface area contributed by atoms with Crippen molar-refractivity contribution in [2.75, 3.05) is 19.7 Å². The predicted molar refractivity (Wildman–Crippen MR) is 56.8 cm³/mol. The second-order valence-corrected chi connectivity index (χ2v) is 4.73. The lowest BCUT2D eigenvalue weighted by Gasteiger charge is -2.34. The molecule has 20 heavy (non-hydrogen) atoms. The Kier molecular flexibility index (Phi) is 4.62. The van der Waals surface area contributed by atoms with E-state index in [4.69, 9.17) is 0 Å². The summed E-state index contributed by atoms with van der Waals surface area (Å²) in [6.07, 6.45) is -11.9. The van der Waals surface area contributed by atoms with Crippen LogP contribution in [-0.4, -0.2) is 49.0 Å². The molecular weight excluding hydrogens is 292 g/mol. The van der Waals surface area contributed by atoms with Crippen LogP contribution in [0.3, 0.4) is 0 Å². The van der Waals surface area contributed by atoms with Gasteiger partial charge in [0.2, 0.25) is 0 Å². The monoisotopic (exact) mass is 307 g/mol. The number of halogens is 6. The van der Waals surface area contributed by atoms with Gasteiger partial charge in [-0.05, 0) is 20.3 Å². The molecule has 1 rings (SSSR count). The normalized spacial score (nSPS) is 21.8. The summed E-state index contributed by atoms with van der Waals surface area (Å²) in [7, 11) is 0. The van der Waals surface area contributed by atoms with Crippen molar-refractivity contribution in [3.8, 4) is 0 Å². The highest BCUT2D eigenvalue weighted by molar-refractivity contribution is 5.75. The van der Waals surface area contributed by atoms with E-state index in [0.717, 1.165) is 4.90 Å². The van der Waals surface area contributed by atoms with Crippen molar-refractivity contribution in [1.29, 1.82) is 0 Å². The van der Waals surface area contributed by atoms with Gasteiger partial charge >= 0.3 is 18.3 Å². The molecule has 1 atom stereocenters. The first-order valence-corrected chi connectivity index (χ1v) is 6.00. The zero-order valence-electron chi connectivity index (χ0n) is 10.9. The largest absolute Gasteiger partial charge is 0.465 e. The number of carbonyl (C=O) groups excluding carboxylic acids is 1. The molecule has 0 bridgehead atoms. The van der Waals surface area contributed by atoms with Crippen molar-refractivity contribution in [2.24, 2.45) is 5.41 Å². The van der Waals surface area contributed by atoms with Gasteiger partial charge < -0.3 is 4.74 Å². The summed E-state index contributed by atoms with van der Waals surface area (Å²) in [6, 6.07) is -1.14. The van der Waals surface area contributed by atoms with Crippen LogP contribution in [0.25, 0.3) is 0 Å². The average molecular weight is 307 g/mol. The van der Waals surface area contributed by atoms with Gasteiger partial charge in [0.15, 0.2) is 5.41 Å². The van der Waals surface area contributed by atoms with Crippen LogP contribution in [0, 0.1) is 5.41 Å². The molecular formula is C11H15F6NO2. The number of alkyl halides is 6. The van der Waals surface area contributed by atoms with Crippen molar-refractivity contribution in [3.63, 3.8) is 0 Å². The van der Waals surface area contributed by atoms with Crippen molar-refractivity contribution in [2.45, 2.75) is 38.7 Å². The molecule has 1 fully saturated rings. The van der Waals surface area contributed by atoms with Crippen molar-refractivity contribution in [3.05, 3.63) is 0 Å². The fourth-order valence-electron chi connectivity index (χ4n) is 2.21. The lowest BCUT2D eigenvalue weighted by atomic mass is 9.85. The summed E-state index contributed by atoms with van der Waals surface area (Å²) < 4.78 is 81.6. The summed E-state index contributed by atoms with van der Waals surface area (Å²) in [5.74, 6) is -0.826. The van der Waals surface area contributed by atoms with E-state index in [1.54, 1.807) is 0 Å². The van der Waals surface area contributed by atoms with Gasteiger partial charge in [-0.15, -0.1) is 0 Å². The maximum atomic E-state index is 12.8. The van der Waals surface area contributed by atoms with Crippen molar-refractivity contribution < 1.29 is 35.9 Å². The van der Waals surface area contributed by atoms with Crippen LogP contribution in [0.1, 0.15) is 20.3 Å². The van der Waals surface area contributed by atoms with Crippen LogP contribution in [-0.2, 0) is 9.53 Å². The Hall–Kier alpha value is -0.990. The Labute approximate surface area is 111 Å². The molecule has 0 aromatic rings. The van der Waals surface area contributed by atoms with E-state index in [9.17, 15) is 31.1 Å². The lowest BCUT2D eigenvalue weighted by molar-refractivity contribution is -0.335. The van der Waals surface area contributed by atoms with Gasteiger partial charge in [0.05, 0.1) is 6.61 Å². The Balaban J connectivity index is 2.94. The Bertz CT molecular complexity index is 351. The number of esters is 1. The van der Waals surface area contributed by atoms with Gasteiger partial charge in [-0.25, -0.2) is 0 Å². The Morgan fingerprint density at radius 3 is 2.10 bits per heavy atom. The average Bonchev–Trinajstić information content (AvgIpc) is 2.72. The summed E-state index contributed by atoms with van der Waals surface area (Å²) >= 11 is 0. The minimum Gasteiger partial charge on any atom is -0.465 e. The van der Waals surface area contributed by atoms with E-state index in [2.05, 4.69) is 4.74 Å². The number of hydrogen-bond donors (Lipinski definition) is 0. The summed E-state index contributed by atoms with van der Waals surface area (Å²) in [5, 5.41) is 0. The first kappa shape index (κ1) is 17.1.